The van der Waals surface area contributed by atoms with Crippen LogP contribution in [0.4, 0.5) is 4.39 Å². The number of hydrogen-bond acceptors (Lipinski definition) is 5. The largest absolute Gasteiger partial charge is 0.345 e. The van der Waals surface area contributed by atoms with Crippen LogP contribution in [-0.2, 0) is 16.6 Å². The van der Waals surface area contributed by atoms with Crippen molar-refractivity contribution in [1.29, 1.82) is 10.5 Å². The van der Waals surface area contributed by atoms with Crippen molar-refractivity contribution in [2.75, 3.05) is 0 Å². The Hall–Kier alpha value is -3.47. The van der Waals surface area contributed by atoms with Gasteiger partial charge in [0, 0.05) is 41.4 Å². The number of aromatic nitrogens is 2. The van der Waals surface area contributed by atoms with E-state index < -0.39 is 21.9 Å². The fourth-order valence-corrected chi connectivity index (χ4v) is 6.41. The number of hydrogen-bond donors (Lipinski definition) is 1. The van der Waals surface area contributed by atoms with Gasteiger partial charge in [0.2, 0.25) is 10.0 Å². The molecule has 0 aliphatic carbocycles. The van der Waals surface area contributed by atoms with Gasteiger partial charge in [-0.25, -0.2) is 22.5 Å². The Morgan fingerprint density at radius 3 is 2.39 bits per heavy atom. The van der Waals surface area contributed by atoms with Crippen molar-refractivity contribution in [2.24, 2.45) is 0 Å². The van der Waals surface area contributed by atoms with E-state index in [2.05, 4.69) is 9.71 Å². The molecule has 0 aliphatic heterocycles. The van der Waals surface area contributed by atoms with E-state index in [9.17, 15) is 18.1 Å². The minimum Gasteiger partial charge on any atom is -0.345 e. The molecule has 2 aromatic carbocycles. The lowest BCUT2D eigenvalue weighted by molar-refractivity contribution is 0.491. The van der Waals surface area contributed by atoms with Crippen LogP contribution in [0.15, 0.2) is 59.8 Å². The van der Waals surface area contributed by atoms with E-state index in [1.165, 1.54) is 36.5 Å². The third-order valence-electron chi connectivity index (χ3n) is 5.67. The van der Waals surface area contributed by atoms with Crippen molar-refractivity contribution in [3.8, 4) is 23.3 Å². The Kier molecular flexibility index (Phi) is 7.30. The summed E-state index contributed by atoms with van der Waals surface area (Å²) in [6, 6.07) is 13.7. The quantitative estimate of drug-likeness (QED) is 0.325. The molecule has 0 bridgehead atoms. The molecule has 2 heterocycles. The normalized spacial score (nSPS) is 12.3. The summed E-state index contributed by atoms with van der Waals surface area (Å²) in [5, 5.41) is 18.6. The molecule has 0 spiro atoms. The molecule has 0 saturated carbocycles. The van der Waals surface area contributed by atoms with Gasteiger partial charge in [-0.2, -0.15) is 10.5 Å². The van der Waals surface area contributed by atoms with Crippen LogP contribution in [-0.4, -0.2) is 24.0 Å². The molecule has 0 saturated heterocycles. The Bertz CT molecular complexity index is 1630. The van der Waals surface area contributed by atoms with Crippen molar-refractivity contribution < 1.29 is 12.8 Å². The van der Waals surface area contributed by atoms with Crippen molar-refractivity contribution in [2.45, 2.75) is 30.8 Å². The van der Waals surface area contributed by atoms with Crippen molar-refractivity contribution in [3.63, 3.8) is 0 Å². The lowest BCUT2D eigenvalue weighted by atomic mass is 10.1. The fourth-order valence-electron chi connectivity index (χ4n) is 3.89. The van der Waals surface area contributed by atoms with Crippen LogP contribution in [0.3, 0.4) is 0 Å². The molecule has 2 aromatic heterocycles. The topological polar surface area (TPSA) is 112 Å². The number of nitrogens with zero attached hydrogens (tertiary/aromatic N) is 4. The van der Waals surface area contributed by atoms with Crippen LogP contribution in [0.2, 0.25) is 10.0 Å². The summed E-state index contributed by atoms with van der Waals surface area (Å²) in [4.78, 5) is 3.75. The fraction of sp³-hybridized carbons (Fsp3) is 0.160. The number of nitriles is 2. The summed E-state index contributed by atoms with van der Waals surface area (Å²) in [7, 11) is -4.13. The van der Waals surface area contributed by atoms with Gasteiger partial charge in [0.05, 0.1) is 15.6 Å². The highest BCUT2D eigenvalue weighted by Gasteiger charge is 2.26. The highest BCUT2D eigenvalue weighted by atomic mass is 35.5. The van der Waals surface area contributed by atoms with Gasteiger partial charge < -0.3 is 4.57 Å². The van der Waals surface area contributed by atoms with Gasteiger partial charge >= 0.3 is 0 Å². The standard InChI is InChI=1S/C25H18Cl2FN5O2S/c1-2-19(14-33-13-17(10-29)21-9-18(28)4-6-24(21)33)32-36(34,35)25-22(26)7-16(8-23(25)27)15-3-5-20(11-30)31-12-15/h3-9,12-13,19,32H,2,14H2,1H3/t19-/m0/s1. The van der Waals surface area contributed by atoms with Crippen molar-refractivity contribution >= 4 is 44.1 Å². The molecule has 0 radical (unpaired) electrons. The lowest BCUT2D eigenvalue weighted by Crippen LogP contribution is -2.37. The molecule has 7 nitrogen and oxygen atoms in total. The first-order valence-corrected chi connectivity index (χ1v) is 13.0. The number of sulfonamides is 1. The van der Waals surface area contributed by atoms with E-state index >= 15 is 0 Å². The van der Waals surface area contributed by atoms with E-state index in [1.807, 2.05) is 19.1 Å². The molecule has 0 aliphatic rings. The molecular weight excluding hydrogens is 524 g/mol. The Labute approximate surface area is 217 Å². The van der Waals surface area contributed by atoms with Crippen LogP contribution in [0.1, 0.15) is 24.6 Å². The van der Waals surface area contributed by atoms with Gasteiger partial charge in [0.15, 0.2) is 0 Å². The molecule has 36 heavy (non-hydrogen) atoms. The van der Waals surface area contributed by atoms with E-state index in [-0.39, 0.29) is 27.2 Å². The molecular formula is C25H18Cl2FN5O2S. The zero-order valence-electron chi connectivity index (χ0n) is 18.8. The number of nitrogens with one attached hydrogen (secondary N) is 1. The highest BCUT2D eigenvalue weighted by molar-refractivity contribution is 7.89. The number of rotatable bonds is 7. The predicted octanol–water partition coefficient (Wildman–Crippen LogP) is 5.65. The second kappa shape index (κ2) is 10.3. The minimum absolute atomic E-state index is 0.0714. The van der Waals surface area contributed by atoms with Crippen LogP contribution in [0, 0.1) is 28.5 Å². The third kappa shape index (κ3) is 5.06. The number of pyridine rings is 1. The first-order valence-electron chi connectivity index (χ1n) is 10.7. The molecule has 0 unspecified atom stereocenters. The number of benzene rings is 2. The summed E-state index contributed by atoms with van der Waals surface area (Å²) >= 11 is 12.8. The lowest BCUT2D eigenvalue weighted by Gasteiger charge is -2.20. The number of halogens is 3. The first kappa shape index (κ1) is 25.6. The maximum atomic E-state index is 13.7. The summed E-state index contributed by atoms with van der Waals surface area (Å²) in [6.45, 7) is 2.01. The molecule has 1 atom stereocenters. The number of fused-ring (bicyclic) bond motifs is 1. The average Bonchev–Trinajstić information content (AvgIpc) is 3.19. The Morgan fingerprint density at radius 1 is 1.08 bits per heavy atom. The third-order valence-corrected chi connectivity index (χ3v) is 8.11. The van der Waals surface area contributed by atoms with Gasteiger partial charge in [0.1, 0.15) is 28.5 Å². The summed E-state index contributed by atoms with van der Waals surface area (Å²) in [5.74, 6) is -0.464. The molecule has 4 aromatic rings. The van der Waals surface area contributed by atoms with Gasteiger partial charge in [0.25, 0.3) is 0 Å². The zero-order chi connectivity index (χ0) is 26.0. The van der Waals surface area contributed by atoms with Gasteiger partial charge in [-0.1, -0.05) is 30.1 Å². The van der Waals surface area contributed by atoms with Gasteiger partial charge in [-0.15, -0.1) is 0 Å². The summed E-state index contributed by atoms with van der Waals surface area (Å²) in [6.07, 6.45) is 3.47. The molecule has 182 valence electrons. The maximum absolute atomic E-state index is 13.7. The zero-order valence-corrected chi connectivity index (χ0v) is 21.2. The van der Waals surface area contributed by atoms with Crippen LogP contribution in [0.25, 0.3) is 22.0 Å². The van der Waals surface area contributed by atoms with Crippen LogP contribution < -0.4 is 4.72 Å². The molecule has 0 amide bonds. The van der Waals surface area contributed by atoms with Crippen LogP contribution in [0.5, 0.6) is 0 Å². The van der Waals surface area contributed by atoms with Crippen molar-refractivity contribution in [1.82, 2.24) is 14.3 Å². The predicted molar refractivity (Wildman–Crippen MR) is 135 cm³/mol. The van der Waals surface area contributed by atoms with E-state index in [0.717, 1.165) is 0 Å². The molecule has 4 rings (SSSR count). The smallest absolute Gasteiger partial charge is 0.243 e. The maximum Gasteiger partial charge on any atom is 0.243 e. The Morgan fingerprint density at radius 2 is 1.81 bits per heavy atom. The SMILES string of the molecule is CC[C@@H](Cn1cc(C#N)c2cc(F)ccc21)NS(=O)(=O)c1c(Cl)cc(-c2ccc(C#N)nc2)cc1Cl. The van der Waals surface area contributed by atoms with Crippen LogP contribution >= 0.6 is 23.2 Å². The monoisotopic (exact) mass is 541 g/mol. The highest BCUT2D eigenvalue weighted by Crippen LogP contribution is 2.35. The summed E-state index contributed by atoms with van der Waals surface area (Å²) < 4.78 is 44.6. The minimum atomic E-state index is -4.13. The van der Waals surface area contributed by atoms with E-state index in [0.29, 0.717) is 34.0 Å². The second-order valence-electron chi connectivity index (χ2n) is 8.01. The van der Waals surface area contributed by atoms with Gasteiger partial charge in [-0.3, -0.25) is 0 Å². The Balaban J connectivity index is 1.63. The van der Waals surface area contributed by atoms with Gasteiger partial charge in [-0.05, 0) is 54.4 Å². The molecule has 0 fully saturated rings. The molecule has 1 N–H and O–H groups in total. The molecule has 11 heteroatoms. The van der Waals surface area contributed by atoms with Crippen molar-refractivity contribution in [3.05, 3.63) is 82.0 Å². The first-order chi connectivity index (χ1) is 17.2. The second-order valence-corrected chi connectivity index (χ2v) is 10.5. The van der Waals surface area contributed by atoms with E-state index in [1.54, 1.807) is 22.9 Å². The van der Waals surface area contributed by atoms with E-state index in [4.69, 9.17) is 28.5 Å². The average molecular weight is 542 g/mol. The summed E-state index contributed by atoms with van der Waals surface area (Å²) in [5.41, 5.74) is 2.31.